The summed E-state index contributed by atoms with van der Waals surface area (Å²) >= 11 is 0. The maximum absolute atomic E-state index is 12.2. The lowest BCUT2D eigenvalue weighted by Gasteiger charge is -2.41. The number of piperidine rings is 1. The molecular weight excluding hydrogens is 314 g/mol. The highest BCUT2D eigenvalue weighted by atomic mass is 16.6. The van der Waals surface area contributed by atoms with Crippen LogP contribution < -0.4 is 0 Å². The van der Waals surface area contributed by atoms with Crippen LogP contribution in [-0.2, 0) is 9.53 Å². The molecule has 0 aromatic heterocycles. The minimum absolute atomic E-state index is 0.00307. The van der Waals surface area contributed by atoms with Gasteiger partial charge in [0.15, 0.2) is 0 Å². The first kappa shape index (κ1) is 19.9. The van der Waals surface area contributed by atoms with Crippen LogP contribution in [0.5, 0.6) is 0 Å². The van der Waals surface area contributed by atoms with E-state index < -0.39 is 5.60 Å². The minimum atomic E-state index is -0.437. The van der Waals surface area contributed by atoms with Gasteiger partial charge in [-0.3, -0.25) is 9.69 Å². The predicted molar refractivity (Wildman–Crippen MR) is 100 cm³/mol. The van der Waals surface area contributed by atoms with Crippen LogP contribution in [-0.4, -0.2) is 41.3 Å². The van der Waals surface area contributed by atoms with E-state index in [2.05, 4.69) is 24.0 Å². The van der Waals surface area contributed by atoms with Gasteiger partial charge >= 0.3 is 5.97 Å². The molecule has 1 heterocycles. The van der Waals surface area contributed by atoms with Crippen molar-refractivity contribution in [3.63, 3.8) is 0 Å². The van der Waals surface area contributed by atoms with Crippen LogP contribution in [0.2, 0.25) is 0 Å². The zero-order chi connectivity index (χ0) is 18.4. The molecule has 1 aromatic rings. The number of aliphatic hydroxyl groups is 1. The van der Waals surface area contributed by atoms with Crippen molar-refractivity contribution in [1.29, 1.82) is 0 Å². The summed E-state index contributed by atoms with van der Waals surface area (Å²) < 4.78 is 5.51. The van der Waals surface area contributed by atoms with Crippen molar-refractivity contribution in [1.82, 2.24) is 4.90 Å². The molecule has 0 spiro atoms. The van der Waals surface area contributed by atoms with E-state index in [1.807, 2.05) is 39.0 Å². The van der Waals surface area contributed by atoms with Crippen LogP contribution in [0.4, 0.5) is 0 Å². The zero-order valence-electron chi connectivity index (χ0n) is 16.1. The molecule has 0 bridgehead atoms. The Morgan fingerprint density at radius 2 is 1.88 bits per heavy atom. The van der Waals surface area contributed by atoms with Crippen LogP contribution in [0.1, 0.15) is 58.6 Å². The third-order valence-electron chi connectivity index (χ3n) is 4.90. The zero-order valence-corrected chi connectivity index (χ0v) is 16.1. The lowest BCUT2D eigenvalue weighted by molar-refractivity contribution is -0.156. The third kappa shape index (κ3) is 6.12. The Hall–Kier alpha value is -1.39. The van der Waals surface area contributed by atoms with Crippen molar-refractivity contribution in [2.24, 2.45) is 11.8 Å². The summed E-state index contributed by atoms with van der Waals surface area (Å²) in [5.74, 6) is 0.722. The topological polar surface area (TPSA) is 49.8 Å². The minimum Gasteiger partial charge on any atom is -0.460 e. The number of carbonyl (C=O) groups excluding carboxylic acids is 1. The highest BCUT2D eigenvalue weighted by Crippen LogP contribution is 2.32. The average molecular weight is 347 g/mol. The molecule has 0 saturated carbocycles. The SMILES string of the molecule is CC[C@@H]1C[C@H](CC(=O)OC(C)(C)C)CN([C@@H](CO)c2ccccc2)C1. The number of rotatable bonds is 6. The number of nitrogens with zero attached hydrogens (tertiary/aromatic N) is 1. The fourth-order valence-electron chi connectivity index (χ4n) is 3.78. The Morgan fingerprint density at radius 3 is 2.44 bits per heavy atom. The summed E-state index contributed by atoms with van der Waals surface area (Å²) in [6.45, 7) is 9.82. The molecular formula is C21H33NO3. The maximum Gasteiger partial charge on any atom is 0.306 e. The van der Waals surface area contributed by atoms with Gasteiger partial charge in [0.1, 0.15) is 5.60 Å². The number of benzene rings is 1. The van der Waals surface area contributed by atoms with Gasteiger partial charge in [-0.1, -0.05) is 43.7 Å². The van der Waals surface area contributed by atoms with E-state index in [0.29, 0.717) is 12.3 Å². The summed E-state index contributed by atoms with van der Waals surface area (Å²) in [6, 6.07) is 10.2. The Bertz CT molecular complexity index is 538. The van der Waals surface area contributed by atoms with Crippen molar-refractivity contribution in [2.75, 3.05) is 19.7 Å². The Labute approximate surface area is 152 Å². The fourth-order valence-corrected chi connectivity index (χ4v) is 3.78. The van der Waals surface area contributed by atoms with Gasteiger partial charge in [0.2, 0.25) is 0 Å². The number of hydrogen-bond donors (Lipinski definition) is 1. The predicted octanol–water partition coefficient (Wildman–Crippen LogP) is 3.80. The molecule has 1 N–H and O–H groups in total. The average Bonchev–Trinajstić information content (AvgIpc) is 2.54. The molecule has 1 saturated heterocycles. The van der Waals surface area contributed by atoms with Crippen molar-refractivity contribution in [3.05, 3.63) is 35.9 Å². The lowest BCUT2D eigenvalue weighted by Crippen LogP contribution is -2.44. The largest absolute Gasteiger partial charge is 0.460 e. The van der Waals surface area contributed by atoms with Gasteiger partial charge in [-0.15, -0.1) is 0 Å². The number of ether oxygens (including phenoxy) is 1. The highest BCUT2D eigenvalue weighted by molar-refractivity contribution is 5.70. The lowest BCUT2D eigenvalue weighted by atomic mass is 9.84. The normalized spacial score (nSPS) is 23.2. The van der Waals surface area contributed by atoms with Gasteiger partial charge in [0.05, 0.1) is 12.6 Å². The third-order valence-corrected chi connectivity index (χ3v) is 4.90. The fraction of sp³-hybridized carbons (Fsp3) is 0.667. The molecule has 1 aromatic carbocycles. The van der Waals surface area contributed by atoms with Gasteiger partial charge in [-0.25, -0.2) is 0 Å². The van der Waals surface area contributed by atoms with Crippen molar-refractivity contribution in [3.8, 4) is 0 Å². The Balaban J connectivity index is 2.07. The van der Waals surface area contributed by atoms with E-state index in [9.17, 15) is 9.90 Å². The van der Waals surface area contributed by atoms with E-state index in [1.165, 1.54) is 0 Å². The van der Waals surface area contributed by atoms with Gasteiger partial charge in [0, 0.05) is 19.5 Å². The van der Waals surface area contributed by atoms with Gasteiger partial charge in [-0.05, 0) is 44.6 Å². The highest BCUT2D eigenvalue weighted by Gasteiger charge is 2.33. The van der Waals surface area contributed by atoms with Gasteiger partial charge < -0.3 is 9.84 Å². The molecule has 0 amide bonds. The molecule has 140 valence electrons. The standard InChI is InChI=1S/C21H33NO3/c1-5-16-11-17(12-20(24)25-21(2,3)4)14-22(13-16)19(15-23)18-9-7-6-8-10-18/h6-10,16-17,19,23H,5,11-15H2,1-4H3/t16-,17-,19+/m1/s1. The molecule has 3 atom stereocenters. The molecule has 0 unspecified atom stereocenters. The van der Waals surface area contributed by atoms with Crippen LogP contribution >= 0.6 is 0 Å². The Morgan fingerprint density at radius 1 is 1.24 bits per heavy atom. The maximum atomic E-state index is 12.2. The second-order valence-corrected chi connectivity index (χ2v) is 8.23. The molecule has 4 nitrogen and oxygen atoms in total. The van der Waals surface area contributed by atoms with Crippen LogP contribution in [0.3, 0.4) is 0 Å². The first-order chi connectivity index (χ1) is 11.8. The first-order valence-electron chi connectivity index (χ1n) is 9.44. The molecule has 0 aliphatic carbocycles. The molecule has 1 fully saturated rings. The van der Waals surface area contributed by atoms with E-state index in [1.54, 1.807) is 0 Å². The monoisotopic (exact) mass is 347 g/mol. The van der Waals surface area contributed by atoms with Crippen LogP contribution in [0.25, 0.3) is 0 Å². The molecule has 1 aliphatic rings. The summed E-state index contributed by atoms with van der Waals surface area (Å²) in [7, 11) is 0. The summed E-state index contributed by atoms with van der Waals surface area (Å²) in [5, 5.41) is 9.98. The number of esters is 1. The van der Waals surface area contributed by atoms with Crippen LogP contribution in [0.15, 0.2) is 30.3 Å². The summed E-state index contributed by atoms with van der Waals surface area (Å²) in [5.41, 5.74) is 0.700. The number of aliphatic hydroxyl groups excluding tert-OH is 1. The van der Waals surface area contributed by atoms with Crippen molar-refractivity contribution >= 4 is 5.97 Å². The van der Waals surface area contributed by atoms with E-state index in [-0.39, 0.29) is 24.5 Å². The quantitative estimate of drug-likeness (QED) is 0.795. The van der Waals surface area contributed by atoms with E-state index in [4.69, 9.17) is 4.74 Å². The smallest absolute Gasteiger partial charge is 0.306 e. The second-order valence-electron chi connectivity index (χ2n) is 8.23. The van der Waals surface area contributed by atoms with Crippen molar-refractivity contribution in [2.45, 2.75) is 58.6 Å². The molecule has 1 aliphatic heterocycles. The van der Waals surface area contributed by atoms with Gasteiger partial charge in [-0.2, -0.15) is 0 Å². The van der Waals surface area contributed by atoms with Crippen LogP contribution in [0, 0.1) is 11.8 Å². The molecule has 4 heteroatoms. The number of carbonyl (C=O) groups is 1. The number of likely N-dealkylation sites (tertiary alicyclic amines) is 1. The molecule has 25 heavy (non-hydrogen) atoms. The first-order valence-corrected chi connectivity index (χ1v) is 9.44. The van der Waals surface area contributed by atoms with Gasteiger partial charge in [0.25, 0.3) is 0 Å². The Kier molecular flexibility index (Phi) is 7.03. The van der Waals surface area contributed by atoms with E-state index >= 15 is 0 Å². The second kappa shape index (κ2) is 8.81. The summed E-state index contributed by atoms with van der Waals surface area (Å²) in [6.07, 6.45) is 2.60. The summed E-state index contributed by atoms with van der Waals surface area (Å²) in [4.78, 5) is 14.6. The number of hydrogen-bond acceptors (Lipinski definition) is 4. The molecule has 0 radical (unpaired) electrons. The molecule has 2 rings (SSSR count). The van der Waals surface area contributed by atoms with E-state index in [0.717, 1.165) is 31.5 Å². The van der Waals surface area contributed by atoms with Crippen molar-refractivity contribution < 1.29 is 14.6 Å².